The van der Waals surface area contributed by atoms with Crippen molar-refractivity contribution in [2.45, 2.75) is 11.3 Å². The minimum atomic E-state index is -3.30. The molecule has 2 aromatic rings. The van der Waals surface area contributed by atoms with Gasteiger partial charge < -0.3 is 10.5 Å². The summed E-state index contributed by atoms with van der Waals surface area (Å²) in [5.41, 5.74) is 6.14. The van der Waals surface area contributed by atoms with Gasteiger partial charge in [-0.25, -0.2) is 12.8 Å². The molecule has 6 heteroatoms. The Morgan fingerprint density at radius 2 is 1.95 bits per heavy atom. The van der Waals surface area contributed by atoms with Crippen LogP contribution in [0.4, 0.5) is 4.39 Å². The highest BCUT2D eigenvalue weighted by Gasteiger charge is 2.10. The molecule has 0 unspecified atom stereocenters. The van der Waals surface area contributed by atoms with Crippen molar-refractivity contribution in [3.8, 4) is 11.5 Å². The van der Waals surface area contributed by atoms with Gasteiger partial charge in [-0.1, -0.05) is 6.07 Å². The molecular weight excluding hydrogens is 293 g/mol. The lowest BCUT2D eigenvalue weighted by molar-refractivity contribution is 0.472. The molecule has 0 spiro atoms. The molecule has 0 aliphatic rings. The van der Waals surface area contributed by atoms with Gasteiger partial charge >= 0.3 is 0 Å². The van der Waals surface area contributed by atoms with Crippen LogP contribution in [0.3, 0.4) is 0 Å². The maximum absolute atomic E-state index is 13.3. The van der Waals surface area contributed by atoms with Crippen LogP contribution in [0, 0.1) is 5.82 Å². The second-order valence-corrected chi connectivity index (χ2v) is 6.66. The first kappa shape index (κ1) is 15.5. The monoisotopic (exact) mass is 309 g/mol. The zero-order valence-corrected chi connectivity index (χ0v) is 12.4. The van der Waals surface area contributed by atoms with Crippen LogP contribution in [0.25, 0.3) is 0 Å². The first-order chi connectivity index (χ1) is 9.90. The van der Waals surface area contributed by atoms with E-state index in [-0.39, 0.29) is 10.7 Å². The number of rotatable bonds is 5. The maximum Gasteiger partial charge on any atom is 0.175 e. The van der Waals surface area contributed by atoms with Gasteiger partial charge in [0, 0.05) is 6.26 Å². The molecule has 0 saturated carbocycles. The topological polar surface area (TPSA) is 69.4 Å². The van der Waals surface area contributed by atoms with E-state index in [1.807, 2.05) is 0 Å². The van der Waals surface area contributed by atoms with E-state index in [9.17, 15) is 12.8 Å². The molecule has 2 aromatic carbocycles. The van der Waals surface area contributed by atoms with Crippen LogP contribution < -0.4 is 10.5 Å². The van der Waals surface area contributed by atoms with Crippen LogP contribution in [0.2, 0.25) is 0 Å². The molecule has 0 aliphatic carbocycles. The first-order valence-corrected chi connectivity index (χ1v) is 8.26. The SMILES string of the molecule is CS(=O)(=O)c1cccc(Oc2ccc(F)cc2CCN)c1. The van der Waals surface area contributed by atoms with E-state index in [0.29, 0.717) is 30.0 Å². The summed E-state index contributed by atoms with van der Waals surface area (Å²) in [6.45, 7) is 0.364. The number of sulfone groups is 1. The van der Waals surface area contributed by atoms with Crippen LogP contribution in [-0.2, 0) is 16.3 Å². The average molecular weight is 309 g/mol. The van der Waals surface area contributed by atoms with E-state index in [0.717, 1.165) is 6.26 Å². The smallest absolute Gasteiger partial charge is 0.175 e. The Morgan fingerprint density at radius 3 is 2.62 bits per heavy atom. The van der Waals surface area contributed by atoms with Crippen molar-refractivity contribution in [1.82, 2.24) is 0 Å². The van der Waals surface area contributed by atoms with E-state index in [1.54, 1.807) is 12.1 Å². The van der Waals surface area contributed by atoms with Crippen LogP contribution >= 0.6 is 0 Å². The fraction of sp³-hybridized carbons (Fsp3) is 0.200. The molecule has 0 heterocycles. The predicted octanol–water partition coefficient (Wildman–Crippen LogP) is 2.52. The molecule has 0 saturated heterocycles. The summed E-state index contributed by atoms with van der Waals surface area (Å²) < 4.78 is 42.0. The molecule has 0 atom stereocenters. The van der Waals surface area contributed by atoms with Crippen LogP contribution in [0.15, 0.2) is 47.4 Å². The Balaban J connectivity index is 2.34. The Kier molecular flexibility index (Phi) is 4.59. The molecule has 21 heavy (non-hydrogen) atoms. The Labute approximate surface area is 123 Å². The second kappa shape index (κ2) is 6.24. The Bertz CT molecular complexity index is 744. The fourth-order valence-electron chi connectivity index (χ4n) is 1.89. The first-order valence-electron chi connectivity index (χ1n) is 6.36. The van der Waals surface area contributed by atoms with Gasteiger partial charge in [-0.3, -0.25) is 0 Å². The maximum atomic E-state index is 13.3. The zero-order valence-electron chi connectivity index (χ0n) is 11.5. The zero-order chi connectivity index (χ0) is 15.5. The number of nitrogens with two attached hydrogens (primary N) is 1. The quantitative estimate of drug-likeness (QED) is 0.921. The molecule has 112 valence electrons. The molecule has 0 aliphatic heterocycles. The van der Waals surface area contributed by atoms with Gasteiger partial charge in [0.15, 0.2) is 9.84 Å². The van der Waals surface area contributed by atoms with Crippen LogP contribution in [0.1, 0.15) is 5.56 Å². The van der Waals surface area contributed by atoms with Gasteiger partial charge in [-0.15, -0.1) is 0 Å². The minimum absolute atomic E-state index is 0.169. The lowest BCUT2D eigenvalue weighted by atomic mass is 10.1. The fourth-order valence-corrected chi connectivity index (χ4v) is 2.55. The van der Waals surface area contributed by atoms with Gasteiger partial charge in [-0.05, 0) is 54.9 Å². The number of ether oxygens (including phenoxy) is 1. The van der Waals surface area contributed by atoms with Crippen LogP contribution in [0.5, 0.6) is 11.5 Å². The molecule has 0 bridgehead atoms. The lowest BCUT2D eigenvalue weighted by Gasteiger charge is -2.11. The summed E-state index contributed by atoms with van der Waals surface area (Å²) >= 11 is 0. The molecule has 2 N–H and O–H groups in total. The van der Waals surface area contributed by atoms with E-state index >= 15 is 0 Å². The normalized spacial score (nSPS) is 11.4. The van der Waals surface area contributed by atoms with Crippen molar-refractivity contribution < 1.29 is 17.5 Å². The summed E-state index contributed by atoms with van der Waals surface area (Å²) in [5, 5.41) is 0. The van der Waals surface area contributed by atoms with Crippen molar-refractivity contribution in [3.05, 3.63) is 53.8 Å². The van der Waals surface area contributed by atoms with Crippen molar-refractivity contribution in [1.29, 1.82) is 0 Å². The third-order valence-electron chi connectivity index (χ3n) is 2.90. The van der Waals surface area contributed by atoms with Crippen LogP contribution in [-0.4, -0.2) is 21.2 Å². The average Bonchev–Trinajstić information content (AvgIpc) is 2.42. The standard InChI is InChI=1S/C15H16FNO3S/c1-21(18,19)14-4-2-3-13(10-14)20-15-6-5-12(16)9-11(15)7-8-17/h2-6,9-10H,7-8,17H2,1H3. The third-order valence-corrected chi connectivity index (χ3v) is 4.01. The third kappa shape index (κ3) is 4.03. The molecular formula is C15H16FNO3S. The molecule has 0 fully saturated rings. The predicted molar refractivity (Wildman–Crippen MR) is 78.8 cm³/mol. The molecule has 0 aromatic heterocycles. The van der Waals surface area contributed by atoms with Gasteiger partial charge in [0.1, 0.15) is 17.3 Å². The highest BCUT2D eigenvalue weighted by Crippen LogP contribution is 2.28. The van der Waals surface area contributed by atoms with Gasteiger partial charge in [0.05, 0.1) is 4.90 Å². The van der Waals surface area contributed by atoms with E-state index in [1.165, 1.54) is 30.3 Å². The second-order valence-electron chi connectivity index (χ2n) is 4.64. The summed E-state index contributed by atoms with van der Waals surface area (Å²) in [5.74, 6) is 0.478. The summed E-state index contributed by atoms with van der Waals surface area (Å²) in [6, 6.07) is 10.3. The number of benzene rings is 2. The van der Waals surface area contributed by atoms with E-state index in [2.05, 4.69) is 0 Å². The summed E-state index contributed by atoms with van der Waals surface area (Å²) in [6.07, 6.45) is 1.60. The number of hydrogen-bond acceptors (Lipinski definition) is 4. The molecule has 0 amide bonds. The van der Waals surface area contributed by atoms with Crippen molar-refractivity contribution in [2.75, 3.05) is 12.8 Å². The lowest BCUT2D eigenvalue weighted by Crippen LogP contribution is -2.04. The summed E-state index contributed by atoms with van der Waals surface area (Å²) in [7, 11) is -3.30. The highest BCUT2D eigenvalue weighted by molar-refractivity contribution is 7.90. The Morgan fingerprint density at radius 1 is 1.19 bits per heavy atom. The van der Waals surface area contributed by atoms with Crippen molar-refractivity contribution >= 4 is 9.84 Å². The van der Waals surface area contributed by atoms with Gasteiger partial charge in [-0.2, -0.15) is 0 Å². The molecule has 4 nitrogen and oxygen atoms in total. The van der Waals surface area contributed by atoms with Crippen molar-refractivity contribution in [3.63, 3.8) is 0 Å². The van der Waals surface area contributed by atoms with Crippen molar-refractivity contribution in [2.24, 2.45) is 5.73 Å². The van der Waals surface area contributed by atoms with Gasteiger partial charge in [0.25, 0.3) is 0 Å². The highest BCUT2D eigenvalue weighted by atomic mass is 32.2. The van der Waals surface area contributed by atoms with Gasteiger partial charge in [0.2, 0.25) is 0 Å². The number of halogens is 1. The molecule has 2 rings (SSSR count). The minimum Gasteiger partial charge on any atom is -0.457 e. The Hall–Kier alpha value is -1.92. The largest absolute Gasteiger partial charge is 0.457 e. The summed E-state index contributed by atoms with van der Waals surface area (Å²) in [4.78, 5) is 0.169. The van der Waals surface area contributed by atoms with E-state index in [4.69, 9.17) is 10.5 Å². The number of hydrogen-bond donors (Lipinski definition) is 1. The van der Waals surface area contributed by atoms with E-state index < -0.39 is 9.84 Å². The molecule has 0 radical (unpaired) electrons.